The van der Waals surface area contributed by atoms with Crippen molar-refractivity contribution in [3.63, 3.8) is 0 Å². The summed E-state index contributed by atoms with van der Waals surface area (Å²) in [5.41, 5.74) is -0.142. The van der Waals surface area contributed by atoms with E-state index in [-0.39, 0.29) is 58.3 Å². The van der Waals surface area contributed by atoms with Crippen LogP contribution in [0, 0.1) is 40.9 Å². The van der Waals surface area contributed by atoms with Crippen LogP contribution in [0.5, 0.6) is 0 Å². The monoisotopic (exact) mass is 533 g/mol. The van der Waals surface area contributed by atoms with Crippen molar-refractivity contribution in [1.82, 2.24) is 20.9 Å². The second kappa shape index (κ2) is 12.2. The van der Waals surface area contributed by atoms with Crippen molar-refractivity contribution in [3.8, 4) is 6.07 Å². The van der Waals surface area contributed by atoms with Crippen LogP contribution in [0.2, 0.25) is 0 Å². The molecule has 4 aliphatic heterocycles. The molecule has 0 radical (unpaired) electrons. The predicted molar refractivity (Wildman–Crippen MR) is 141 cm³/mol. The van der Waals surface area contributed by atoms with E-state index in [1.165, 1.54) is 0 Å². The lowest BCUT2D eigenvalue weighted by Gasteiger charge is -2.44. The van der Waals surface area contributed by atoms with Gasteiger partial charge >= 0.3 is 0 Å². The molecule has 9 unspecified atom stereocenters. The largest absolute Gasteiger partial charge is 0.381 e. The van der Waals surface area contributed by atoms with Gasteiger partial charge in [0.15, 0.2) is 0 Å². The summed E-state index contributed by atoms with van der Waals surface area (Å²) >= 11 is 1.75. The Bertz CT molecular complexity index is 864. The summed E-state index contributed by atoms with van der Waals surface area (Å²) < 4.78 is 11.3. The molecule has 2 amide bonds. The molecule has 5 aliphatic rings. The molecule has 1 aliphatic carbocycles. The average molecular weight is 534 g/mol. The van der Waals surface area contributed by atoms with Crippen LogP contribution in [-0.2, 0) is 19.1 Å². The molecule has 206 valence electrons. The van der Waals surface area contributed by atoms with Crippen LogP contribution in [0.3, 0.4) is 0 Å². The fraction of sp³-hybridized carbons (Fsp3) is 0.889. The number of methoxy groups -OCH3 is 1. The highest BCUT2D eigenvalue weighted by Gasteiger charge is 2.46. The van der Waals surface area contributed by atoms with E-state index >= 15 is 0 Å². The molecule has 4 saturated heterocycles. The number of rotatable bonds is 5. The summed E-state index contributed by atoms with van der Waals surface area (Å²) in [7, 11) is 1.76. The fourth-order valence-corrected chi connectivity index (χ4v) is 8.76. The molecule has 10 heteroatoms. The van der Waals surface area contributed by atoms with Crippen LogP contribution in [0.25, 0.3) is 0 Å². The SMILES string of the molecule is COC1CCC(C#N)CC1C1CC(C)NCC1C(=O)NC1NC2CCN(C(=O)C3CCOCC3)CC2S1. The van der Waals surface area contributed by atoms with E-state index in [4.69, 9.17) is 9.47 Å². The van der Waals surface area contributed by atoms with Gasteiger partial charge < -0.3 is 25.0 Å². The molecule has 0 aromatic rings. The minimum absolute atomic E-state index is 0.0484. The number of hydrogen-bond donors (Lipinski definition) is 3. The van der Waals surface area contributed by atoms with E-state index < -0.39 is 0 Å². The van der Waals surface area contributed by atoms with E-state index in [9.17, 15) is 14.9 Å². The third kappa shape index (κ3) is 6.11. The number of nitrogens with one attached hydrogen (secondary N) is 3. The predicted octanol–water partition coefficient (Wildman–Crippen LogP) is 1.69. The van der Waals surface area contributed by atoms with E-state index in [0.717, 1.165) is 58.0 Å². The maximum Gasteiger partial charge on any atom is 0.226 e. The number of nitrogens with zero attached hydrogens (tertiary/aromatic N) is 2. The Morgan fingerprint density at radius 1 is 1.14 bits per heavy atom. The Morgan fingerprint density at radius 3 is 2.70 bits per heavy atom. The standard InChI is InChI=1S/C27H43N5O4S/c1-16-11-19(20-12-17(13-28)3-4-23(20)35-2)21(14-29-16)25(33)31-27-30-22-5-8-32(15-24(22)37-27)26(34)18-6-9-36-10-7-18/h16-24,27,29-30H,3-12,14-15H2,1-2H3,(H,31,33). The number of nitriles is 1. The molecule has 37 heavy (non-hydrogen) atoms. The smallest absolute Gasteiger partial charge is 0.226 e. The van der Waals surface area contributed by atoms with Crippen LogP contribution in [-0.4, -0.2) is 85.6 Å². The lowest BCUT2D eigenvalue weighted by atomic mass is 9.66. The zero-order valence-electron chi connectivity index (χ0n) is 22.2. The summed E-state index contributed by atoms with van der Waals surface area (Å²) in [5.74, 6) is 0.765. The van der Waals surface area contributed by atoms with Crippen LogP contribution in [0.15, 0.2) is 0 Å². The van der Waals surface area contributed by atoms with Crippen LogP contribution >= 0.6 is 11.8 Å². The molecule has 0 spiro atoms. The molecule has 0 bridgehead atoms. The fourth-order valence-electron chi connectivity index (χ4n) is 7.30. The van der Waals surface area contributed by atoms with E-state index in [0.29, 0.717) is 31.8 Å². The van der Waals surface area contributed by atoms with Crippen LogP contribution < -0.4 is 16.0 Å². The Kier molecular flexibility index (Phi) is 8.97. The molecular formula is C27H43N5O4S. The van der Waals surface area contributed by atoms with Crippen molar-refractivity contribution in [1.29, 1.82) is 5.26 Å². The summed E-state index contributed by atoms with van der Waals surface area (Å²) in [6.45, 7) is 5.71. The average Bonchev–Trinajstić information content (AvgIpc) is 3.34. The first-order chi connectivity index (χ1) is 18.0. The molecule has 5 fully saturated rings. The van der Waals surface area contributed by atoms with Gasteiger partial charge in [-0.15, -0.1) is 11.8 Å². The summed E-state index contributed by atoms with van der Waals surface area (Å²) in [6.07, 6.45) is 6.16. The van der Waals surface area contributed by atoms with E-state index in [2.05, 4.69) is 28.9 Å². The van der Waals surface area contributed by atoms with Gasteiger partial charge in [-0.25, -0.2) is 0 Å². The number of ether oxygens (including phenoxy) is 2. The maximum absolute atomic E-state index is 13.7. The number of thioether (sulfide) groups is 1. The minimum Gasteiger partial charge on any atom is -0.381 e. The Balaban J connectivity index is 1.19. The zero-order chi connectivity index (χ0) is 25.9. The van der Waals surface area contributed by atoms with Crippen molar-refractivity contribution in [2.75, 3.05) is 40.0 Å². The maximum atomic E-state index is 13.7. The molecule has 0 aromatic carbocycles. The summed E-state index contributed by atoms with van der Waals surface area (Å²) in [4.78, 5) is 28.7. The van der Waals surface area contributed by atoms with Crippen molar-refractivity contribution < 1.29 is 19.1 Å². The number of likely N-dealkylation sites (tertiary alicyclic amines) is 1. The second-order valence-corrected chi connectivity index (χ2v) is 13.0. The van der Waals surface area contributed by atoms with E-state index in [1.807, 2.05) is 4.90 Å². The van der Waals surface area contributed by atoms with E-state index in [1.54, 1.807) is 18.9 Å². The zero-order valence-corrected chi connectivity index (χ0v) is 23.0. The number of amides is 2. The normalized spacial score (nSPS) is 41.0. The minimum atomic E-state index is -0.145. The number of piperidine rings is 2. The highest BCUT2D eigenvalue weighted by Crippen LogP contribution is 2.42. The van der Waals surface area contributed by atoms with Gasteiger partial charge in [-0.3, -0.25) is 14.9 Å². The van der Waals surface area contributed by atoms with Gasteiger partial charge in [0.05, 0.1) is 18.1 Å². The molecule has 0 aromatic heterocycles. The molecule has 1 saturated carbocycles. The van der Waals surface area contributed by atoms with Gasteiger partial charge in [-0.2, -0.15) is 5.26 Å². The third-order valence-electron chi connectivity index (χ3n) is 9.43. The molecule has 9 atom stereocenters. The molecule has 3 N–H and O–H groups in total. The lowest BCUT2D eigenvalue weighted by Crippen LogP contribution is -2.56. The number of carbonyl (C=O) groups excluding carboxylic acids is 2. The Labute approximate surface area is 225 Å². The molecular weight excluding hydrogens is 490 g/mol. The van der Waals surface area contributed by atoms with Crippen molar-refractivity contribution in [2.24, 2.45) is 29.6 Å². The number of hydrogen-bond acceptors (Lipinski definition) is 8. The molecule has 5 rings (SSSR count). The third-order valence-corrected chi connectivity index (χ3v) is 10.8. The van der Waals surface area contributed by atoms with Gasteiger partial charge in [0.1, 0.15) is 5.50 Å². The summed E-state index contributed by atoms with van der Waals surface area (Å²) in [5, 5.41) is 20.3. The second-order valence-electron chi connectivity index (χ2n) is 11.7. The van der Waals surface area contributed by atoms with Crippen LogP contribution in [0.4, 0.5) is 0 Å². The lowest BCUT2D eigenvalue weighted by molar-refractivity contribution is -0.139. The number of fused-ring (bicyclic) bond motifs is 1. The van der Waals surface area contributed by atoms with Crippen molar-refractivity contribution in [2.45, 2.75) is 80.8 Å². The Morgan fingerprint density at radius 2 is 1.95 bits per heavy atom. The first kappa shape index (κ1) is 27.2. The van der Waals surface area contributed by atoms with Gasteiger partial charge in [0, 0.05) is 69.1 Å². The Hall–Kier alpha value is -1.38. The van der Waals surface area contributed by atoms with Gasteiger partial charge in [-0.05, 0) is 63.7 Å². The highest BCUT2D eigenvalue weighted by atomic mass is 32.2. The molecule has 4 heterocycles. The topological polar surface area (TPSA) is 116 Å². The highest BCUT2D eigenvalue weighted by molar-refractivity contribution is 8.00. The van der Waals surface area contributed by atoms with Crippen LogP contribution in [0.1, 0.15) is 51.9 Å². The van der Waals surface area contributed by atoms with Crippen molar-refractivity contribution >= 4 is 23.6 Å². The first-order valence-electron chi connectivity index (χ1n) is 14.2. The van der Waals surface area contributed by atoms with Crippen molar-refractivity contribution in [3.05, 3.63) is 0 Å². The summed E-state index contributed by atoms with van der Waals surface area (Å²) in [6, 6.07) is 3.12. The molecule has 9 nitrogen and oxygen atoms in total. The van der Waals surface area contributed by atoms with Gasteiger partial charge in [-0.1, -0.05) is 0 Å². The quantitative estimate of drug-likeness (QED) is 0.489. The van der Waals surface area contributed by atoms with Gasteiger partial charge in [0.2, 0.25) is 11.8 Å². The van der Waals surface area contributed by atoms with Gasteiger partial charge in [0.25, 0.3) is 0 Å². The number of carbonyl (C=O) groups is 2. The first-order valence-corrected chi connectivity index (χ1v) is 15.1.